The Kier molecular flexibility index (Phi) is 5.81. The number of nitrogens with zero attached hydrogens (tertiary/aromatic N) is 2. The fourth-order valence-electron chi connectivity index (χ4n) is 3.76. The quantitative estimate of drug-likeness (QED) is 0.450. The molecule has 1 aromatic heterocycles. The van der Waals surface area contributed by atoms with Gasteiger partial charge in [-0.2, -0.15) is 5.26 Å². The number of nitrogens with one attached hydrogen (secondary N) is 1. The molecular weight excluding hydrogens is 408 g/mol. The van der Waals surface area contributed by atoms with E-state index in [1.54, 1.807) is 42.5 Å². The first kappa shape index (κ1) is 21.0. The predicted octanol–water partition coefficient (Wildman–Crippen LogP) is 3.81. The molecule has 162 valence electrons. The lowest BCUT2D eigenvalue weighted by Gasteiger charge is -2.24. The van der Waals surface area contributed by atoms with E-state index in [9.17, 15) is 10.1 Å². The first-order valence-corrected chi connectivity index (χ1v) is 10.2. The third-order valence-corrected chi connectivity index (χ3v) is 5.25. The zero-order valence-electron chi connectivity index (χ0n) is 17.7. The van der Waals surface area contributed by atoms with Crippen LogP contribution in [0.5, 0.6) is 17.4 Å². The number of methoxy groups -OCH3 is 1. The average Bonchev–Trinajstić information content (AvgIpc) is 3.21. The molecule has 0 radical (unpaired) electrons. The summed E-state index contributed by atoms with van der Waals surface area (Å²) in [7, 11) is 1.49. The maximum absolute atomic E-state index is 12.5. The lowest BCUT2D eigenvalue weighted by Crippen LogP contribution is -2.21. The number of allylic oxidation sites excluding steroid dienone is 1. The van der Waals surface area contributed by atoms with Gasteiger partial charge in [-0.15, -0.1) is 5.10 Å². The van der Waals surface area contributed by atoms with E-state index in [1.807, 2.05) is 6.07 Å². The van der Waals surface area contributed by atoms with E-state index in [1.165, 1.54) is 7.11 Å². The first-order chi connectivity index (χ1) is 15.6. The van der Waals surface area contributed by atoms with Gasteiger partial charge in [0.15, 0.2) is 11.5 Å². The van der Waals surface area contributed by atoms with E-state index >= 15 is 0 Å². The normalized spacial score (nSPS) is 14.8. The van der Waals surface area contributed by atoms with Crippen molar-refractivity contribution >= 4 is 5.97 Å². The van der Waals surface area contributed by atoms with E-state index in [4.69, 9.17) is 19.9 Å². The highest BCUT2D eigenvalue weighted by molar-refractivity contribution is 5.91. The van der Waals surface area contributed by atoms with Crippen LogP contribution in [0.1, 0.15) is 46.4 Å². The molecule has 0 fully saturated rings. The van der Waals surface area contributed by atoms with Gasteiger partial charge in [0.1, 0.15) is 11.6 Å². The molecule has 0 amide bonds. The second-order valence-corrected chi connectivity index (χ2v) is 7.26. The van der Waals surface area contributed by atoms with Crippen LogP contribution in [0.25, 0.3) is 0 Å². The fraction of sp³-hybridized carbons (Fsp3) is 0.208. The molecule has 2 aromatic carbocycles. The average molecular weight is 430 g/mol. The second kappa shape index (κ2) is 8.86. The number of nitrogens with two attached hydrogens (primary N) is 1. The van der Waals surface area contributed by atoms with Crippen molar-refractivity contribution in [3.05, 3.63) is 82.4 Å². The third kappa shape index (κ3) is 3.76. The Balaban J connectivity index is 1.74. The number of hydrogen-bond acceptors (Lipinski definition) is 7. The Hall–Kier alpha value is -4.25. The number of carbonyl (C=O) groups excluding carboxylic acids is 1. The molecular formula is C24H22N4O4. The van der Waals surface area contributed by atoms with Gasteiger partial charge >= 0.3 is 5.97 Å². The summed E-state index contributed by atoms with van der Waals surface area (Å²) in [5.74, 6) is 0.0142. The lowest BCUT2D eigenvalue weighted by atomic mass is 9.83. The Morgan fingerprint density at radius 1 is 1.25 bits per heavy atom. The number of rotatable bonds is 6. The summed E-state index contributed by atoms with van der Waals surface area (Å²) in [5, 5.41) is 17.0. The van der Waals surface area contributed by atoms with Gasteiger partial charge in [0.25, 0.3) is 0 Å². The summed E-state index contributed by atoms with van der Waals surface area (Å²) in [5.41, 5.74) is 9.13. The highest BCUT2D eigenvalue weighted by Gasteiger charge is 2.35. The monoisotopic (exact) mass is 430 g/mol. The molecule has 1 atom stereocenters. The number of hydrogen-bond donors (Lipinski definition) is 2. The number of ether oxygens (including phenoxy) is 3. The Morgan fingerprint density at radius 3 is 2.72 bits per heavy atom. The van der Waals surface area contributed by atoms with Crippen LogP contribution < -0.4 is 19.9 Å². The number of benzene rings is 2. The van der Waals surface area contributed by atoms with E-state index in [0.29, 0.717) is 17.2 Å². The summed E-state index contributed by atoms with van der Waals surface area (Å²) >= 11 is 0. The molecule has 0 saturated carbocycles. The summed E-state index contributed by atoms with van der Waals surface area (Å²) in [6.45, 7) is 2.06. The zero-order chi connectivity index (χ0) is 22.7. The maximum Gasteiger partial charge on any atom is 0.343 e. The standard InChI is InChI=1S/C24H22N4O4/c1-3-7-17-21-20(16(13-25)22(26)32-23(21)28-27-17)15-10-11-18(19(12-15)30-2)31-24(29)14-8-5-4-6-9-14/h4-6,8-12,20H,3,7,26H2,1-2H3,(H,27,28). The summed E-state index contributed by atoms with van der Waals surface area (Å²) in [6, 6.07) is 16.0. The van der Waals surface area contributed by atoms with Gasteiger partial charge in [-0.3, -0.25) is 5.10 Å². The van der Waals surface area contributed by atoms with Crippen LogP contribution in [0.3, 0.4) is 0 Å². The third-order valence-electron chi connectivity index (χ3n) is 5.25. The molecule has 0 bridgehead atoms. The van der Waals surface area contributed by atoms with Crippen LogP contribution in [-0.4, -0.2) is 23.3 Å². The van der Waals surface area contributed by atoms with E-state index in [2.05, 4.69) is 23.2 Å². The molecule has 0 spiro atoms. The molecule has 3 aromatic rings. The minimum atomic E-state index is -0.494. The number of esters is 1. The minimum absolute atomic E-state index is 0.0121. The molecule has 1 aliphatic rings. The molecule has 1 aliphatic heterocycles. The smallest absolute Gasteiger partial charge is 0.343 e. The van der Waals surface area contributed by atoms with Crippen molar-refractivity contribution in [2.45, 2.75) is 25.7 Å². The Morgan fingerprint density at radius 2 is 2.03 bits per heavy atom. The zero-order valence-corrected chi connectivity index (χ0v) is 17.7. The number of aromatic amines is 1. The topological polar surface area (TPSA) is 123 Å². The number of H-pyrrole nitrogens is 1. The SMILES string of the molecule is CCCc1[nH]nc2c1C(c1ccc(OC(=O)c3ccccc3)c(OC)c1)C(C#N)=C(N)O2. The second-order valence-electron chi connectivity index (χ2n) is 7.26. The van der Waals surface area contributed by atoms with Gasteiger partial charge in [-0.05, 0) is 36.2 Å². The lowest BCUT2D eigenvalue weighted by molar-refractivity contribution is 0.0729. The van der Waals surface area contributed by atoms with Gasteiger partial charge < -0.3 is 19.9 Å². The Labute approximate surface area is 185 Å². The minimum Gasteiger partial charge on any atom is -0.493 e. The van der Waals surface area contributed by atoms with E-state index < -0.39 is 11.9 Å². The molecule has 8 nitrogen and oxygen atoms in total. The summed E-state index contributed by atoms with van der Waals surface area (Å²) in [4.78, 5) is 12.5. The number of fused-ring (bicyclic) bond motifs is 1. The van der Waals surface area contributed by atoms with E-state index in [-0.39, 0.29) is 17.2 Å². The van der Waals surface area contributed by atoms with Crippen LogP contribution in [0.2, 0.25) is 0 Å². The van der Waals surface area contributed by atoms with Gasteiger partial charge in [0.05, 0.1) is 18.6 Å². The molecule has 8 heteroatoms. The molecule has 4 rings (SSSR count). The van der Waals surface area contributed by atoms with Crippen LogP contribution in [0.4, 0.5) is 0 Å². The summed E-state index contributed by atoms with van der Waals surface area (Å²) in [6.07, 6.45) is 1.63. The van der Waals surface area contributed by atoms with Crippen molar-refractivity contribution < 1.29 is 19.0 Å². The van der Waals surface area contributed by atoms with Crippen molar-refractivity contribution in [2.24, 2.45) is 5.73 Å². The van der Waals surface area contributed by atoms with Crippen molar-refractivity contribution in [3.63, 3.8) is 0 Å². The van der Waals surface area contributed by atoms with Crippen molar-refractivity contribution in [2.75, 3.05) is 7.11 Å². The molecule has 1 unspecified atom stereocenters. The van der Waals surface area contributed by atoms with Crippen molar-refractivity contribution in [1.29, 1.82) is 5.26 Å². The van der Waals surface area contributed by atoms with Crippen LogP contribution in [0, 0.1) is 11.3 Å². The largest absolute Gasteiger partial charge is 0.493 e. The molecule has 2 heterocycles. The number of aromatic nitrogens is 2. The van der Waals surface area contributed by atoms with Crippen LogP contribution in [0.15, 0.2) is 60.0 Å². The number of nitriles is 1. The number of aryl methyl sites for hydroxylation is 1. The Bertz CT molecular complexity index is 1220. The summed E-state index contributed by atoms with van der Waals surface area (Å²) < 4.78 is 16.6. The van der Waals surface area contributed by atoms with E-state index in [0.717, 1.165) is 29.7 Å². The number of carbonyl (C=O) groups is 1. The molecule has 32 heavy (non-hydrogen) atoms. The molecule has 0 aliphatic carbocycles. The van der Waals surface area contributed by atoms with Gasteiger partial charge in [0.2, 0.25) is 11.8 Å². The van der Waals surface area contributed by atoms with Gasteiger partial charge in [-0.1, -0.05) is 37.6 Å². The van der Waals surface area contributed by atoms with Crippen molar-refractivity contribution in [3.8, 4) is 23.4 Å². The van der Waals surface area contributed by atoms with Gasteiger partial charge in [-0.25, -0.2) is 4.79 Å². The highest BCUT2D eigenvalue weighted by Crippen LogP contribution is 2.44. The first-order valence-electron chi connectivity index (χ1n) is 10.2. The maximum atomic E-state index is 12.5. The fourth-order valence-corrected chi connectivity index (χ4v) is 3.76. The molecule has 0 saturated heterocycles. The van der Waals surface area contributed by atoms with Gasteiger partial charge in [0, 0.05) is 11.3 Å². The van der Waals surface area contributed by atoms with Crippen LogP contribution >= 0.6 is 0 Å². The van der Waals surface area contributed by atoms with Crippen LogP contribution in [-0.2, 0) is 6.42 Å². The molecule has 3 N–H and O–H groups in total. The van der Waals surface area contributed by atoms with Crippen molar-refractivity contribution in [1.82, 2.24) is 10.2 Å². The predicted molar refractivity (Wildman–Crippen MR) is 116 cm³/mol. The highest BCUT2D eigenvalue weighted by atomic mass is 16.6.